The maximum atomic E-state index is 12.6. The number of carbonyl (C=O) groups is 2. The molecule has 1 amide bonds. The third-order valence-corrected chi connectivity index (χ3v) is 4.85. The molecule has 1 aromatic heterocycles. The summed E-state index contributed by atoms with van der Waals surface area (Å²) in [6.07, 6.45) is 4.88. The molecule has 2 heterocycles. The van der Waals surface area contributed by atoms with Gasteiger partial charge in [-0.3, -0.25) is 14.3 Å². The molecule has 0 N–H and O–H groups in total. The van der Waals surface area contributed by atoms with E-state index in [1.165, 1.54) is 5.56 Å². The predicted molar refractivity (Wildman–Crippen MR) is 96.3 cm³/mol. The topological polar surface area (TPSA) is 55.2 Å². The summed E-state index contributed by atoms with van der Waals surface area (Å²) in [5.41, 5.74) is 1.66. The van der Waals surface area contributed by atoms with Crippen LogP contribution in [0.5, 0.6) is 0 Å². The van der Waals surface area contributed by atoms with Gasteiger partial charge < -0.3 is 4.90 Å². The summed E-state index contributed by atoms with van der Waals surface area (Å²) >= 11 is 0. The first-order chi connectivity index (χ1) is 12.2. The van der Waals surface area contributed by atoms with E-state index < -0.39 is 0 Å². The summed E-state index contributed by atoms with van der Waals surface area (Å²) in [4.78, 5) is 27.0. The molecule has 1 fully saturated rings. The van der Waals surface area contributed by atoms with Gasteiger partial charge in [-0.2, -0.15) is 5.10 Å². The minimum absolute atomic E-state index is 0.0466. The number of carbonyl (C=O) groups excluding carboxylic acids is 2. The maximum absolute atomic E-state index is 12.6. The first-order valence-corrected chi connectivity index (χ1v) is 9.06. The SMILES string of the molecule is CCn1ccc(C(=O)N2CCC[C@@H](C(=O)CCc3ccccc3)C2)n1. The van der Waals surface area contributed by atoms with Crippen LogP contribution in [0.3, 0.4) is 0 Å². The third-order valence-electron chi connectivity index (χ3n) is 4.85. The third kappa shape index (κ3) is 4.35. The number of ketones is 1. The van der Waals surface area contributed by atoms with Crippen molar-refractivity contribution in [3.63, 3.8) is 0 Å². The van der Waals surface area contributed by atoms with Crippen molar-refractivity contribution >= 4 is 11.7 Å². The van der Waals surface area contributed by atoms with Crippen molar-refractivity contribution in [1.82, 2.24) is 14.7 Å². The fourth-order valence-electron chi connectivity index (χ4n) is 3.35. The number of aryl methyl sites for hydroxylation is 2. The lowest BCUT2D eigenvalue weighted by Crippen LogP contribution is -2.42. The van der Waals surface area contributed by atoms with E-state index in [1.807, 2.05) is 43.5 Å². The van der Waals surface area contributed by atoms with Crippen molar-refractivity contribution in [2.75, 3.05) is 13.1 Å². The lowest BCUT2D eigenvalue weighted by atomic mass is 9.90. The number of Topliss-reactive ketones (excluding diaryl/α,β-unsaturated/α-hetero) is 1. The Balaban J connectivity index is 1.56. The van der Waals surface area contributed by atoms with Crippen molar-refractivity contribution in [1.29, 1.82) is 0 Å². The lowest BCUT2D eigenvalue weighted by molar-refractivity contribution is -0.124. The zero-order chi connectivity index (χ0) is 17.6. The van der Waals surface area contributed by atoms with Crippen LogP contribution < -0.4 is 0 Å². The molecule has 5 heteroatoms. The van der Waals surface area contributed by atoms with Gasteiger partial charge in [-0.15, -0.1) is 0 Å². The Bertz CT molecular complexity index is 724. The van der Waals surface area contributed by atoms with E-state index in [9.17, 15) is 9.59 Å². The first-order valence-electron chi connectivity index (χ1n) is 9.06. The first kappa shape index (κ1) is 17.4. The minimum atomic E-state index is -0.0623. The molecule has 0 spiro atoms. The van der Waals surface area contributed by atoms with Crippen LogP contribution in [-0.4, -0.2) is 39.5 Å². The molecule has 0 bridgehead atoms. The molecule has 0 radical (unpaired) electrons. The normalized spacial score (nSPS) is 17.5. The molecule has 0 saturated carbocycles. The van der Waals surface area contributed by atoms with Gasteiger partial charge in [0.2, 0.25) is 0 Å². The second-order valence-electron chi connectivity index (χ2n) is 6.60. The van der Waals surface area contributed by atoms with E-state index in [0.717, 1.165) is 25.8 Å². The molecule has 1 aliphatic heterocycles. The molecule has 0 aliphatic carbocycles. The molecule has 1 aromatic carbocycles. The standard InChI is InChI=1S/C20H25N3O2/c1-2-23-14-12-18(21-23)20(25)22-13-6-9-17(15-22)19(24)11-10-16-7-4-3-5-8-16/h3-5,7-8,12,14,17H,2,6,9-11,13,15H2,1H3/t17-/m1/s1. The summed E-state index contributed by atoms with van der Waals surface area (Å²) < 4.78 is 1.75. The fourth-order valence-corrected chi connectivity index (χ4v) is 3.35. The second-order valence-corrected chi connectivity index (χ2v) is 6.60. The molecular formula is C20H25N3O2. The molecule has 0 unspecified atom stereocenters. The molecule has 1 aliphatic rings. The summed E-state index contributed by atoms with van der Waals surface area (Å²) in [6, 6.07) is 11.8. The van der Waals surface area contributed by atoms with Gasteiger partial charge in [0.25, 0.3) is 5.91 Å². The monoisotopic (exact) mass is 339 g/mol. The van der Waals surface area contributed by atoms with Gasteiger partial charge >= 0.3 is 0 Å². The van der Waals surface area contributed by atoms with Gasteiger partial charge in [0.15, 0.2) is 0 Å². The van der Waals surface area contributed by atoms with Crippen molar-refractivity contribution < 1.29 is 9.59 Å². The Morgan fingerprint density at radius 3 is 2.72 bits per heavy atom. The number of benzene rings is 1. The van der Waals surface area contributed by atoms with Gasteiger partial charge in [0.1, 0.15) is 11.5 Å². The van der Waals surface area contributed by atoms with Crippen molar-refractivity contribution in [3.8, 4) is 0 Å². The lowest BCUT2D eigenvalue weighted by Gasteiger charge is -2.31. The van der Waals surface area contributed by atoms with E-state index in [-0.39, 0.29) is 17.6 Å². The van der Waals surface area contributed by atoms with Crippen LogP contribution in [0.15, 0.2) is 42.6 Å². The average Bonchev–Trinajstić information content (AvgIpc) is 3.15. The quantitative estimate of drug-likeness (QED) is 0.813. The minimum Gasteiger partial charge on any atom is -0.337 e. The zero-order valence-electron chi connectivity index (χ0n) is 14.7. The van der Waals surface area contributed by atoms with Crippen molar-refractivity contribution in [2.24, 2.45) is 5.92 Å². The number of rotatable bonds is 6. The Kier molecular flexibility index (Phi) is 5.64. The predicted octanol–water partition coefficient (Wildman–Crippen LogP) is 2.96. The molecule has 3 rings (SSSR count). The molecule has 1 atom stereocenters. The Hall–Kier alpha value is -2.43. The van der Waals surface area contributed by atoms with E-state index >= 15 is 0 Å². The Morgan fingerprint density at radius 1 is 1.20 bits per heavy atom. The van der Waals surface area contributed by atoms with Crippen LogP contribution in [0, 0.1) is 5.92 Å². The number of piperidine rings is 1. The second kappa shape index (κ2) is 8.10. The number of nitrogens with zero attached hydrogens (tertiary/aromatic N) is 3. The number of hydrogen-bond acceptors (Lipinski definition) is 3. The molecule has 132 valence electrons. The average molecular weight is 339 g/mol. The van der Waals surface area contributed by atoms with Crippen molar-refractivity contribution in [3.05, 3.63) is 53.9 Å². The van der Waals surface area contributed by atoms with Gasteiger partial charge in [-0.05, 0) is 37.8 Å². The smallest absolute Gasteiger partial charge is 0.274 e. The van der Waals surface area contributed by atoms with Gasteiger partial charge in [0, 0.05) is 38.2 Å². The Morgan fingerprint density at radius 2 is 2.00 bits per heavy atom. The summed E-state index contributed by atoms with van der Waals surface area (Å²) in [6.45, 7) is 3.96. The fraction of sp³-hybridized carbons (Fsp3) is 0.450. The van der Waals surface area contributed by atoms with Gasteiger partial charge in [0.05, 0.1) is 0 Å². The number of aromatic nitrogens is 2. The summed E-state index contributed by atoms with van der Waals surface area (Å²) in [5, 5.41) is 4.29. The van der Waals surface area contributed by atoms with Gasteiger partial charge in [-0.25, -0.2) is 0 Å². The molecule has 5 nitrogen and oxygen atoms in total. The van der Waals surface area contributed by atoms with E-state index in [0.29, 0.717) is 25.2 Å². The number of amides is 1. The van der Waals surface area contributed by atoms with Crippen molar-refractivity contribution in [2.45, 2.75) is 39.2 Å². The van der Waals surface area contributed by atoms with Crippen LogP contribution in [0.25, 0.3) is 0 Å². The highest BCUT2D eigenvalue weighted by Crippen LogP contribution is 2.21. The molecule has 1 saturated heterocycles. The van der Waals surface area contributed by atoms with E-state index in [2.05, 4.69) is 5.10 Å². The van der Waals surface area contributed by atoms with Crippen LogP contribution in [0.1, 0.15) is 42.2 Å². The van der Waals surface area contributed by atoms with E-state index in [4.69, 9.17) is 0 Å². The summed E-state index contributed by atoms with van der Waals surface area (Å²) in [5.74, 6) is 0.155. The number of likely N-dealkylation sites (tertiary alicyclic amines) is 1. The maximum Gasteiger partial charge on any atom is 0.274 e. The highest BCUT2D eigenvalue weighted by atomic mass is 16.2. The highest BCUT2D eigenvalue weighted by Gasteiger charge is 2.29. The van der Waals surface area contributed by atoms with Crippen LogP contribution >= 0.6 is 0 Å². The van der Waals surface area contributed by atoms with Gasteiger partial charge in [-0.1, -0.05) is 30.3 Å². The molecule has 25 heavy (non-hydrogen) atoms. The van der Waals surface area contributed by atoms with Crippen LogP contribution in [0.4, 0.5) is 0 Å². The van der Waals surface area contributed by atoms with Crippen LogP contribution in [0.2, 0.25) is 0 Å². The van der Waals surface area contributed by atoms with Crippen LogP contribution in [-0.2, 0) is 17.8 Å². The van der Waals surface area contributed by atoms with E-state index in [1.54, 1.807) is 15.6 Å². The summed E-state index contributed by atoms with van der Waals surface area (Å²) in [7, 11) is 0. The molecular weight excluding hydrogens is 314 g/mol. The number of hydrogen-bond donors (Lipinski definition) is 0. The Labute approximate surface area is 148 Å². The zero-order valence-corrected chi connectivity index (χ0v) is 14.7. The molecule has 2 aromatic rings. The largest absolute Gasteiger partial charge is 0.337 e. The highest BCUT2D eigenvalue weighted by molar-refractivity contribution is 5.93.